The van der Waals surface area contributed by atoms with Crippen LogP contribution >= 0.6 is 23.2 Å². The lowest BCUT2D eigenvalue weighted by molar-refractivity contribution is 0.102. The van der Waals surface area contributed by atoms with Crippen molar-refractivity contribution in [2.24, 2.45) is 0 Å². The molecule has 1 aromatic carbocycles. The van der Waals surface area contributed by atoms with Crippen LogP contribution in [-0.4, -0.2) is 10.9 Å². The van der Waals surface area contributed by atoms with Gasteiger partial charge in [0.15, 0.2) is 5.82 Å². The van der Waals surface area contributed by atoms with Gasteiger partial charge in [-0.2, -0.15) is 0 Å². The third-order valence-electron chi connectivity index (χ3n) is 2.25. The van der Waals surface area contributed by atoms with Crippen LogP contribution in [0, 0.1) is 0 Å². The van der Waals surface area contributed by atoms with Crippen molar-refractivity contribution >= 4 is 40.6 Å². The Morgan fingerprint density at radius 2 is 2.00 bits per heavy atom. The molecule has 2 aromatic rings. The first-order chi connectivity index (χ1) is 8.58. The highest BCUT2D eigenvalue weighted by atomic mass is 35.5. The van der Waals surface area contributed by atoms with E-state index >= 15 is 0 Å². The fourth-order valence-corrected chi connectivity index (χ4v) is 1.68. The van der Waals surface area contributed by atoms with Crippen molar-refractivity contribution in [3.05, 3.63) is 52.1 Å². The molecular weight excluding hydrogens is 273 g/mol. The molecule has 92 valence electrons. The summed E-state index contributed by atoms with van der Waals surface area (Å²) in [5.41, 5.74) is 6.37. The number of pyridine rings is 1. The van der Waals surface area contributed by atoms with Gasteiger partial charge in [0.1, 0.15) is 0 Å². The van der Waals surface area contributed by atoms with Gasteiger partial charge >= 0.3 is 0 Å². The summed E-state index contributed by atoms with van der Waals surface area (Å²) in [7, 11) is 0. The van der Waals surface area contributed by atoms with Gasteiger partial charge in [-0.1, -0.05) is 23.2 Å². The molecular formula is C12H9Cl2N3O. The number of rotatable bonds is 2. The van der Waals surface area contributed by atoms with Crippen LogP contribution in [0.5, 0.6) is 0 Å². The fraction of sp³-hybridized carbons (Fsp3) is 0. The van der Waals surface area contributed by atoms with Crippen molar-refractivity contribution in [2.45, 2.75) is 0 Å². The van der Waals surface area contributed by atoms with E-state index in [2.05, 4.69) is 10.3 Å². The average Bonchev–Trinajstić information content (AvgIpc) is 2.35. The molecule has 1 amide bonds. The number of carbonyl (C=O) groups excluding carboxylic acids is 1. The molecule has 3 N–H and O–H groups in total. The zero-order valence-electron chi connectivity index (χ0n) is 9.15. The van der Waals surface area contributed by atoms with Crippen LogP contribution in [0.1, 0.15) is 10.4 Å². The van der Waals surface area contributed by atoms with Crippen molar-refractivity contribution in [2.75, 3.05) is 11.1 Å². The van der Waals surface area contributed by atoms with E-state index in [1.807, 2.05) is 0 Å². The highest BCUT2D eigenvalue weighted by Gasteiger charge is 2.10. The van der Waals surface area contributed by atoms with Gasteiger partial charge in [0.25, 0.3) is 5.91 Å². The van der Waals surface area contributed by atoms with Crippen LogP contribution < -0.4 is 11.1 Å². The Kier molecular flexibility index (Phi) is 3.69. The minimum Gasteiger partial charge on any atom is -0.398 e. The Balaban J connectivity index is 2.22. The average molecular weight is 282 g/mol. The molecule has 0 unspecified atom stereocenters. The Hall–Kier alpha value is -1.78. The molecule has 0 spiro atoms. The number of nitrogen functional groups attached to an aromatic ring is 1. The number of nitrogens with one attached hydrogen (secondary N) is 1. The molecule has 0 aliphatic heterocycles. The summed E-state index contributed by atoms with van der Waals surface area (Å²) in [6.07, 6.45) is 1.54. The van der Waals surface area contributed by atoms with Gasteiger partial charge in [0.05, 0.1) is 15.7 Å². The van der Waals surface area contributed by atoms with Crippen LogP contribution in [0.4, 0.5) is 11.5 Å². The second-order valence-electron chi connectivity index (χ2n) is 3.52. The van der Waals surface area contributed by atoms with E-state index in [0.29, 0.717) is 27.1 Å². The summed E-state index contributed by atoms with van der Waals surface area (Å²) in [4.78, 5) is 15.9. The SMILES string of the molecule is Nc1ccc(C(=O)Nc2ncccc2Cl)cc1Cl. The molecule has 1 heterocycles. The molecule has 0 radical (unpaired) electrons. The largest absolute Gasteiger partial charge is 0.398 e. The summed E-state index contributed by atoms with van der Waals surface area (Å²) in [6.45, 7) is 0. The molecule has 0 bridgehead atoms. The predicted octanol–water partition coefficient (Wildman–Crippen LogP) is 3.22. The van der Waals surface area contributed by atoms with Crippen molar-refractivity contribution in [1.29, 1.82) is 0 Å². The van der Waals surface area contributed by atoms with Gasteiger partial charge < -0.3 is 11.1 Å². The summed E-state index contributed by atoms with van der Waals surface area (Å²) in [6, 6.07) is 7.95. The standard InChI is InChI=1S/C12H9Cl2N3O/c13-8-2-1-5-16-11(8)17-12(18)7-3-4-10(15)9(14)6-7/h1-6H,15H2,(H,16,17,18). The van der Waals surface area contributed by atoms with Gasteiger partial charge in [-0.3, -0.25) is 4.79 Å². The molecule has 2 rings (SSSR count). The summed E-state index contributed by atoms with van der Waals surface area (Å²) in [5.74, 6) is -0.0467. The molecule has 0 saturated carbocycles. The van der Waals surface area contributed by atoms with E-state index in [1.165, 1.54) is 12.3 Å². The summed E-state index contributed by atoms with van der Waals surface area (Å²) >= 11 is 11.7. The number of hydrogen-bond acceptors (Lipinski definition) is 3. The van der Waals surface area contributed by atoms with Gasteiger partial charge in [-0.15, -0.1) is 0 Å². The van der Waals surface area contributed by atoms with Crippen molar-refractivity contribution in [3.63, 3.8) is 0 Å². The number of nitrogens with zero attached hydrogens (tertiary/aromatic N) is 1. The Bertz CT molecular complexity index is 602. The smallest absolute Gasteiger partial charge is 0.256 e. The van der Waals surface area contributed by atoms with E-state index in [9.17, 15) is 4.79 Å². The minimum atomic E-state index is -0.350. The van der Waals surface area contributed by atoms with Crippen molar-refractivity contribution in [3.8, 4) is 0 Å². The molecule has 0 fully saturated rings. The molecule has 4 nitrogen and oxygen atoms in total. The number of anilines is 2. The van der Waals surface area contributed by atoms with Crippen molar-refractivity contribution in [1.82, 2.24) is 4.98 Å². The third kappa shape index (κ3) is 2.72. The highest BCUT2D eigenvalue weighted by Crippen LogP contribution is 2.22. The molecule has 6 heteroatoms. The van der Waals surface area contributed by atoms with Crippen molar-refractivity contribution < 1.29 is 4.79 Å². The van der Waals surface area contributed by atoms with Crippen LogP contribution in [0.25, 0.3) is 0 Å². The topological polar surface area (TPSA) is 68.0 Å². The molecule has 0 saturated heterocycles. The van der Waals surface area contributed by atoms with Gasteiger partial charge in [0, 0.05) is 11.8 Å². The van der Waals surface area contributed by atoms with E-state index < -0.39 is 0 Å². The number of aromatic nitrogens is 1. The zero-order chi connectivity index (χ0) is 13.1. The second-order valence-corrected chi connectivity index (χ2v) is 4.34. The second kappa shape index (κ2) is 5.25. The maximum Gasteiger partial charge on any atom is 0.256 e. The monoisotopic (exact) mass is 281 g/mol. The van der Waals surface area contributed by atoms with Crippen LogP contribution in [0.15, 0.2) is 36.5 Å². The number of nitrogens with two attached hydrogens (primary N) is 1. The van der Waals surface area contributed by atoms with E-state index in [0.717, 1.165) is 0 Å². The highest BCUT2D eigenvalue weighted by molar-refractivity contribution is 6.34. The Morgan fingerprint density at radius 1 is 1.22 bits per heavy atom. The maximum absolute atomic E-state index is 11.9. The molecule has 18 heavy (non-hydrogen) atoms. The van der Waals surface area contributed by atoms with E-state index in [-0.39, 0.29) is 5.91 Å². The molecule has 0 aliphatic carbocycles. The van der Waals surface area contributed by atoms with Crippen LogP contribution in [-0.2, 0) is 0 Å². The summed E-state index contributed by atoms with van der Waals surface area (Å²) < 4.78 is 0. The minimum absolute atomic E-state index is 0.303. The lowest BCUT2D eigenvalue weighted by Gasteiger charge is -2.06. The van der Waals surface area contributed by atoms with Gasteiger partial charge in [-0.05, 0) is 30.3 Å². The lowest BCUT2D eigenvalue weighted by atomic mass is 10.2. The number of halogens is 2. The van der Waals surface area contributed by atoms with E-state index in [1.54, 1.807) is 24.3 Å². The number of carbonyl (C=O) groups is 1. The summed E-state index contributed by atoms with van der Waals surface area (Å²) in [5, 5.41) is 3.29. The lowest BCUT2D eigenvalue weighted by Crippen LogP contribution is -2.13. The third-order valence-corrected chi connectivity index (χ3v) is 2.89. The first-order valence-electron chi connectivity index (χ1n) is 5.05. The zero-order valence-corrected chi connectivity index (χ0v) is 10.7. The number of hydrogen-bond donors (Lipinski definition) is 2. The first-order valence-corrected chi connectivity index (χ1v) is 5.80. The van der Waals surface area contributed by atoms with Gasteiger partial charge in [0.2, 0.25) is 0 Å². The fourth-order valence-electron chi connectivity index (χ4n) is 1.33. The predicted molar refractivity (Wildman–Crippen MR) is 73.1 cm³/mol. The van der Waals surface area contributed by atoms with E-state index in [4.69, 9.17) is 28.9 Å². The van der Waals surface area contributed by atoms with Crippen LogP contribution in [0.2, 0.25) is 10.0 Å². The first kappa shape index (κ1) is 12.7. The quantitative estimate of drug-likeness (QED) is 0.831. The molecule has 0 aliphatic rings. The number of benzene rings is 1. The van der Waals surface area contributed by atoms with Crippen LogP contribution in [0.3, 0.4) is 0 Å². The molecule has 0 atom stereocenters. The van der Waals surface area contributed by atoms with Gasteiger partial charge in [-0.25, -0.2) is 4.98 Å². The maximum atomic E-state index is 11.9. The number of amides is 1. The Morgan fingerprint density at radius 3 is 2.67 bits per heavy atom. The Labute approximate surface area is 114 Å². The molecule has 1 aromatic heterocycles. The normalized spacial score (nSPS) is 10.1.